The molecule has 0 aromatic heterocycles. The molecule has 0 atom stereocenters. The Morgan fingerprint density at radius 2 is 1.22 bits per heavy atom. The molecule has 0 saturated carbocycles. The number of esters is 1. The molecule has 3 aromatic carbocycles. The molecule has 0 unspecified atom stereocenters. The number of rotatable bonds is 7. The summed E-state index contributed by atoms with van der Waals surface area (Å²) in [6.07, 6.45) is -0.543. The summed E-state index contributed by atoms with van der Waals surface area (Å²) in [5.41, 5.74) is 3.99. The zero-order valence-corrected chi connectivity index (χ0v) is 34.9. The third-order valence-electron chi connectivity index (χ3n) is 6.25. The van der Waals surface area contributed by atoms with Crippen LogP contribution in [0.2, 0.25) is 0 Å². The first-order chi connectivity index (χ1) is 26.7. The number of cyclic esters (lactones) is 1. The first-order valence-corrected chi connectivity index (χ1v) is 16.4. The number of benzene rings is 3. The number of carboxylic acid groups (broad SMARTS) is 2. The Kier molecular flexibility index (Phi) is 35.5. The number of ether oxygens (including phenoxy) is 3. The van der Waals surface area contributed by atoms with Gasteiger partial charge in [-0.25, -0.2) is 40.9 Å². The molecule has 0 spiro atoms. The van der Waals surface area contributed by atoms with E-state index < -0.39 is 69.3 Å². The van der Waals surface area contributed by atoms with Crippen LogP contribution in [0.5, 0.6) is 0 Å². The number of nitrogens with two attached hydrogens (primary N) is 1. The van der Waals surface area contributed by atoms with E-state index in [1.54, 1.807) is 0 Å². The zero-order valence-electron chi connectivity index (χ0n) is 31.4. The van der Waals surface area contributed by atoms with Crippen molar-refractivity contribution in [2.45, 2.75) is 20.3 Å². The first kappa shape index (κ1) is 62.2. The van der Waals surface area contributed by atoms with Gasteiger partial charge in [-0.3, -0.25) is 19.2 Å². The summed E-state index contributed by atoms with van der Waals surface area (Å²) in [5.74, 6) is -9.21. The van der Waals surface area contributed by atoms with Crippen molar-refractivity contribution < 1.29 is 115 Å². The van der Waals surface area contributed by atoms with Gasteiger partial charge in [0.15, 0.2) is 40.7 Å². The molecule has 5 rings (SSSR count). The van der Waals surface area contributed by atoms with Gasteiger partial charge in [-0.1, -0.05) is 7.43 Å². The van der Waals surface area contributed by atoms with E-state index >= 15 is 0 Å². The van der Waals surface area contributed by atoms with Crippen molar-refractivity contribution in [1.29, 1.82) is 0 Å². The van der Waals surface area contributed by atoms with E-state index in [0.29, 0.717) is 0 Å². The summed E-state index contributed by atoms with van der Waals surface area (Å²) in [7, 11) is 3.33. The van der Waals surface area contributed by atoms with Crippen LogP contribution in [-0.2, 0) is 28.6 Å². The van der Waals surface area contributed by atoms with Gasteiger partial charge >= 0.3 is 52.9 Å². The summed E-state index contributed by atoms with van der Waals surface area (Å²) < 4.78 is 88.7. The van der Waals surface area contributed by atoms with Crippen LogP contribution in [0.4, 0.5) is 31.1 Å². The van der Waals surface area contributed by atoms with Crippen molar-refractivity contribution in [3.63, 3.8) is 0 Å². The molecule has 2 heterocycles. The van der Waals surface area contributed by atoms with Gasteiger partial charge in [0.1, 0.15) is 6.54 Å². The molecule has 2 aliphatic heterocycles. The molecule has 24 heteroatoms. The second-order valence-electron chi connectivity index (χ2n) is 10.5. The van der Waals surface area contributed by atoms with Crippen LogP contribution in [0.25, 0.3) is 0 Å². The summed E-state index contributed by atoms with van der Waals surface area (Å²) in [5, 5.41) is 15.1. The fourth-order valence-electron chi connectivity index (χ4n) is 3.40. The predicted octanol–water partition coefficient (Wildman–Crippen LogP) is 3.06. The first-order valence-electron chi connectivity index (χ1n) is 15.7. The molecule has 3 aromatic rings. The average molecular weight is 915 g/mol. The molecule has 0 aliphatic carbocycles. The number of hydrogen-bond acceptors (Lipinski definition) is 13. The van der Waals surface area contributed by atoms with E-state index in [2.05, 4.69) is 43.7 Å². The Labute approximate surface area is 372 Å². The molecule has 0 amide bonds. The SMILES string of the molecule is C.CN1CCOCC1.COC(=O)Cl.NCC(=O)O.O=C(Cl)c1ccc(F)c(F)c1.O=C(O)CCC(=O)c1ccc(F)c(F)c1.O=C1CN=C(c2ccc(F)c(F)c2)O1.[Na+].[OH-]. The smallest absolute Gasteiger partial charge is 0.870 e. The number of likely N-dealkylation sites (N-methyl/N-ethyl adjacent to an activating group) is 1. The Hall–Kier alpha value is -4.45. The van der Waals surface area contributed by atoms with E-state index in [1.807, 2.05) is 0 Å². The van der Waals surface area contributed by atoms with E-state index in [9.17, 15) is 55.1 Å². The van der Waals surface area contributed by atoms with E-state index in [0.717, 1.165) is 74.8 Å². The van der Waals surface area contributed by atoms with Crippen molar-refractivity contribution in [2.24, 2.45) is 10.7 Å². The fourth-order valence-corrected chi connectivity index (χ4v) is 3.51. The van der Waals surface area contributed by atoms with Crippen LogP contribution < -0.4 is 35.3 Å². The number of aliphatic carboxylic acids is 2. The number of halogens is 8. The minimum Gasteiger partial charge on any atom is -0.870 e. The number of aliphatic imine (C=N–C) groups is 1. The molecule has 0 bridgehead atoms. The van der Waals surface area contributed by atoms with Gasteiger partial charge in [0, 0.05) is 47.8 Å². The third-order valence-corrected chi connectivity index (χ3v) is 6.63. The van der Waals surface area contributed by atoms with Crippen LogP contribution in [0.1, 0.15) is 46.5 Å². The van der Waals surface area contributed by atoms with Gasteiger partial charge < -0.3 is 40.5 Å². The Morgan fingerprint density at radius 3 is 1.55 bits per heavy atom. The summed E-state index contributed by atoms with van der Waals surface area (Å²) in [4.78, 5) is 67.1. The fraction of sp³-hybridized carbons (Fsp3) is 0.306. The Bertz CT molecular complexity index is 1860. The maximum absolute atomic E-state index is 12.8. The molecular weight excluding hydrogens is 874 g/mol. The van der Waals surface area contributed by atoms with Gasteiger partial charge in [0.25, 0.3) is 5.24 Å². The number of carboxylic acids is 2. The number of Topliss-reactive ketones (excluding diaryl/α,β-unsaturated/α-hetero) is 1. The van der Waals surface area contributed by atoms with Crippen LogP contribution in [0, 0.1) is 34.9 Å². The standard InChI is InChI=1S/C10H8F2O3.C9H5F2NO2.C7H3ClF2O.C5H11NO.C2H3ClO2.C2H5NO2.CH4.Na.H2O/c11-7-2-1-6(5-8(7)12)9(13)3-4-10(14)15;10-6-2-1-5(3-7(6)11)9-12-4-8(13)14-9;8-7(11)4-1-2-5(9)6(10)3-4;1-6-2-4-7-5-3-6;1-5-2(3)4;3-1-2(4)5;;;/h1-2,5H,3-4H2,(H,14,15);1-3H,4H2;1-3H;2-5H2,1H3;1H3;1,3H2,(H,4,5);1H4;;1H2/q;;;;;;;+1;/p-1. The maximum atomic E-state index is 12.8. The normalized spacial score (nSPS) is 12.0. The quantitative estimate of drug-likeness (QED) is 0.102. The second kappa shape index (κ2) is 34.3. The van der Waals surface area contributed by atoms with E-state index in [1.165, 1.54) is 13.2 Å². The predicted molar refractivity (Wildman–Crippen MR) is 200 cm³/mol. The summed E-state index contributed by atoms with van der Waals surface area (Å²) >= 11 is 9.60. The third kappa shape index (κ3) is 28.1. The molecule has 60 heavy (non-hydrogen) atoms. The van der Waals surface area contributed by atoms with E-state index in [-0.39, 0.29) is 91.0 Å². The second-order valence-corrected chi connectivity index (χ2v) is 11.2. The number of nitrogens with zero attached hydrogens (tertiary/aromatic N) is 2. The van der Waals surface area contributed by atoms with Crippen molar-refractivity contribution in [3.8, 4) is 0 Å². The van der Waals surface area contributed by atoms with Crippen molar-refractivity contribution in [2.75, 3.05) is 53.6 Å². The van der Waals surface area contributed by atoms with Gasteiger partial charge in [-0.15, -0.1) is 0 Å². The minimum absolute atomic E-state index is 0. The number of carbonyl (C=O) groups excluding carboxylic acids is 4. The molecule has 5 N–H and O–H groups in total. The van der Waals surface area contributed by atoms with E-state index in [4.69, 9.17) is 26.6 Å². The molecule has 15 nitrogen and oxygen atoms in total. The molecule has 1 saturated heterocycles. The molecular formula is C36H40Cl2F6N3NaO12. The molecule has 0 radical (unpaired) electrons. The van der Waals surface area contributed by atoms with Gasteiger partial charge in [0.05, 0.1) is 33.3 Å². The van der Waals surface area contributed by atoms with Crippen LogP contribution in [0.15, 0.2) is 59.6 Å². The number of carbonyl (C=O) groups is 6. The van der Waals surface area contributed by atoms with Gasteiger partial charge in [0.2, 0.25) is 5.90 Å². The number of morpholine rings is 1. The van der Waals surface area contributed by atoms with Crippen molar-refractivity contribution >= 4 is 63.5 Å². The van der Waals surface area contributed by atoms with Crippen molar-refractivity contribution in [3.05, 3.63) is 106 Å². The molecule has 1 fully saturated rings. The monoisotopic (exact) mass is 913 g/mol. The van der Waals surface area contributed by atoms with Gasteiger partial charge in [-0.05, 0) is 73.2 Å². The molecule has 328 valence electrons. The van der Waals surface area contributed by atoms with Crippen LogP contribution in [0.3, 0.4) is 0 Å². The van der Waals surface area contributed by atoms with Gasteiger partial charge in [-0.2, -0.15) is 0 Å². The number of hydrogen-bond donors (Lipinski definition) is 3. The number of ketones is 1. The minimum atomic E-state index is -1.11. The summed E-state index contributed by atoms with van der Waals surface area (Å²) in [6.45, 7) is 3.67. The topological polar surface area (TPSA) is 242 Å². The van der Waals surface area contributed by atoms with Crippen molar-refractivity contribution in [1.82, 2.24) is 4.90 Å². The average Bonchev–Trinajstić information content (AvgIpc) is 3.61. The number of methoxy groups -OCH3 is 1. The maximum Gasteiger partial charge on any atom is 1.00 e. The Morgan fingerprint density at radius 1 is 0.783 bits per heavy atom. The largest absolute Gasteiger partial charge is 1.00 e. The van der Waals surface area contributed by atoms with Crippen LogP contribution >= 0.6 is 23.2 Å². The summed E-state index contributed by atoms with van der Waals surface area (Å²) in [6, 6.07) is 8.65. The Balaban J connectivity index is -0.000000325. The zero-order chi connectivity index (χ0) is 43.7. The van der Waals surface area contributed by atoms with Crippen LogP contribution in [-0.4, -0.2) is 114 Å². The molecule has 2 aliphatic rings.